The van der Waals surface area contributed by atoms with Crippen molar-refractivity contribution in [3.05, 3.63) is 69.3 Å². The lowest BCUT2D eigenvalue weighted by Crippen LogP contribution is -2.38. The molecule has 0 saturated carbocycles. The van der Waals surface area contributed by atoms with Gasteiger partial charge in [0.05, 0.1) is 12.8 Å². The van der Waals surface area contributed by atoms with Crippen LogP contribution in [-0.2, 0) is 0 Å². The summed E-state index contributed by atoms with van der Waals surface area (Å²) < 4.78 is 6.11. The molecule has 1 fully saturated rings. The molecule has 0 spiro atoms. The Kier molecular flexibility index (Phi) is 5.78. The van der Waals surface area contributed by atoms with Crippen LogP contribution >= 0.6 is 0 Å². The Morgan fingerprint density at radius 3 is 2.68 bits per heavy atom. The summed E-state index contributed by atoms with van der Waals surface area (Å²) in [5.74, 6) is 0.635. The van der Waals surface area contributed by atoms with Crippen LogP contribution in [0.1, 0.15) is 29.6 Å². The number of nitrogens with one attached hydrogen (secondary N) is 2. The zero-order valence-corrected chi connectivity index (χ0v) is 17.0. The van der Waals surface area contributed by atoms with Crippen LogP contribution in [-0.4, -0.2) is 45.6 Å². The SMILES string of the molecule is COc1ccccc1-n1c(=O)[nH]cc(C(=O)Nc2cc(N3CCCCC3)ncn2)c1=O. The fourth-order valence-electron chi connectivity index (χ4n) is 3.56. The van der Waals surface area contributed by atoms with Crippen molar-refractivity contribution < 1.29 is 9.53 Å². The molecule has 1 saturated heterocycles. The third kappa shape index (κ3) is 4.18. The van der Waals surface area contributed by atoms with Crippen LogP contribution in [0.3, 0.4) is 0 Å². The number of hydrogen-bond donors (Lipinski definition) is 2. The Morgan fingerprint density at radius 2 is 1.90 bits per heavy atom. The van der Waals surface area contributed by atoms with Gasteiger partial charge in [-0.15, -0.1) is 0 Å². The van der Waals surface area contributed by atoms with E-state index in [2.05, 4.69) is 25.2 Å². The smallest absolute Gasteiger partial charge is 0.333 e. The molecule has 1 aliphatic rings. The number of rotatable bonds is 5. The second-order valence-electron chi connectivity index (χ2n) is 7.08. The van der Waals surface area contributed by atoms with Crippen molar-refractivity contribution in [3.63, 3.8) is 0 Å². The van der Waals surface area contributed by atoms with Crippen molar-refractivity contribution in [2.45, 2.75) is 19.3 Å². The number of ether oxygens (including phenoxy) is 1. The van der Waals surface area contributed by atoms with E-state index in [0.29, 0.717) is 5.75 Å². The number of nitrogens with zero attached hydrogens (tertiary/aromatic N) is 4. The highest BCUT2D eigenvalue weighted by atomic mass is 16.5. The minimum Gasteiger partial charge on any atom is -0.495 e. The lowest BCUT2D eigenvalue weighted by Gasteiger charge is -2.27. The van der Waals surface area contributed by atoms with Gasteiger partial charge in [-0.05, 0) is 31.4 Å². The van der Waals surface area contributed by atoms with Gasteiger partial charge in [-0.3, -0.25) is 9.59 Å². The third-order valence-electron chi connectivity index (χ3n) is 5.12. The number of carbonyl (C=O) groups is 1. The average Bonchev–Trinajstić information content (AvgIpc) is 2.80. The fourth-order valence-corrected chi connectivity index (χ4v) is 3.56. The van der Waals surface area contributed by atoms with Crippen LogP contribution in [0.5, 0.6) is 5.75 Å². The second-order valence-corrected chi connectivity index (χ2v) is 7.08. The van der Waals surface area contributed by atoms with E-state index in [-0.39, 0.29) is 17.1 Å². The zero-order valence-electron chi connectivity index (χ0n) is 17.0. The maximum Gasteiger partial charge on any atom is 0.333 e. The number of para-hydroxylation sites is 2. The van der Waals surface area contributed by atoms with Gasteiger partial charge in [0.15, 0.2) is 0 Å². The molecule has 2 N–H and O–H groups in total. The fraction of sp³-hybridized carbons (Fsp3) is 0.286. The molecule has 1 amide bonds. The Morgan fingerprint density at radius 1 is 1.13 bits per heavy atom. The van der Waals surface area contributed by atoms with E-state index >= 15 is 0 Å². The summed E-state index contributed by atoms with van der Waals surface area (Å²) in [4.78, 5) is 51.1. The Balaban J connectivity index is 1.64. The number of piperidine rings is 1. The van der Waals surface area contributed by atoms with Crippen LogP contribution in [0.15, 0.2) is 52.4 Å². The van der Waals surface area contributed by atoms with Crippen molar-refractivity contribution in [2.24, 2.45) is 0 Å². The highest BCUT2D eigenvalue weighted by Gasteiger charge is 2.19. The molecule has 0 bridgehead atoms. The average molecular weight is 422 g/mol. The molecule has 1 aromatic carbocycles. The van der Waals surface area contributed by atoms with Gasteiger partial charge in [-0.2, -0.15) is 0 Å². The number of amides is 1. The molecular weight excluding hydrogens is 400 g/mol. The summed E-state index contributed by atoms with van der Waals surface area (Å²) >= 11 is 0. The van der Waals surface area contributed by atoms with Gasteiger partial charge >= 0.3 is 5.69 Å². The van der Waals surface area contributed by atoms with Crippen LogP contribution < -0.4 is 26.2 Å². The maximum absolute atomic E-state index is 13.0. The van der Waals surface area contributed by atoms with Crippen LogP contribution in [0.4, 0.5) is 11.6 Å². The summed E-state index contributed by atoms with van der Waals surface area (Å²) in [6, 6.07) is 8.24. The Labute approximate surface area is 177 Å². The second kappa shape index (κ2) is 8.82. The quantitative estimate of drug-likeness (QED) is 0.640. The van der Waals surface area contributed by atoms with Gasteiger partial charge in [0, 0.05) is 25.4 Å². The summed E-state index contributed by atoms with van der Waals surface area (Å²) in [5, 5.41) is 2.62. The van der Waals surface area contributed by atoms with Gasteiger partial charge in [-0.1, -0.05) is 12.1 Å². The van der Waals surface area contributed by atoms with Crippen LogP contribution in [0, 0.1) is 0 Å². The molecule has 0 atom stereocenters. The van der Waals surface area contributed by atoms with Crippen LogP contribution in [0.25, 0.3) is 5.69 Å². The van der Waals surface area contributed by atoms with Gasteiger partial charge in [0.2, 0.25) is 0 Å². The molecule has 0 unspecified atom stereocenters. The van der Waals surface area contributed by atoms with Crippen molar-refractivity contribution >= 4 is 17.5 Å². The van der Waals surface area contributed by atoms with E-state index in [1.807, 2.05) is 0 Å². The predicted molar refractivity (Wildman–Crippen MR) is 115 cm³/mol. The summed E-state index contributed by atoms with van der Waals surface area (Å²) in [6.45, 7) is 1.79. The first-order valence-electron chi connectivity index (χ1n) is 9.95. The highest BCUT2D eigenvalue weighted by Crippen LogP contribution is 2.20. The zero-order chi connectivity index (χ0) is 21.8. The van der Waals surface area contributed by atoms with E-state index in [9.17, 15) is 14.4 Å². The maximum atomic E-state index is 13.0. The van der Waals surface area contributed by atoms with Crippen LogP contribution in [0.2, 0.25) is 0 Å². The van der Waals surface area contributed by atoms with E-state index in [0.717, 1.165) is 42.5 Å². The number of aromatic nitrogens is 4. The molecule has 10 nitrogen and oxygen atoms in total. The third-order valence-corrected chi connectivity index (χ3v) is 5.12. The molecule has 1 aliphatic heterocycles. The molecule has 4 rings (SSSR count). The lowest BCUT2D eigenvalue weighted by molar-refractivity contribution is 0.102. The number of methoxy groups -OCH3 is 1. The molecule has 160 valence electrons. The molecular formula is C21H22N6O4. The Bertz CT molecular complexity index is 1210. The van der Waals surface area contributed by atoms with E-state index < -0.39 is 17.2 Å². The summed E-state index contributed by atoms with van der Waals surface area (Å²) in [6.07, 6.45) is 5.84. The van der Waals surface area contributed by atoms with E-state index in [1.54, 1.807) is 30.3 Å². The largest absolute Gasteiger partial charge is 0.495 e. The highest BCUT2D eigenvalue weighted by molar-refractivity contribution is 6.03. The first kappa shape index (κ1) is 20.3. The molecule has 2 aromatic heterocycles. The van der Waals surface area contributed by atoms with E-state index in [1.165, 1.54) is 19.9 Å². The molecule has 3 aromatic rings. The number of benzene rings is 1. The molecule has 31 heavy (non-hydrogen) atoms. The summed E-state index contributed by atoms with van der Waals surface area (Å²) in [7, 11) is 1.43. The molecule has 0 aliphatic carbocycles. The number of anilines is 2. The first-order valence-corrected chi connectivity index (χ1v) is 9.95. The first-order chi connectivity index (χ1) is 15.1. The van der Waals surface area contributed by atoms with Gasteiger partial charge < -0.3 is 19.9 Å². The Hall–Kier alpha value is -3.95. The standard InChI is InChI=1S/C21H22N6O4/c1-31-16-8-4-3-7-15(16)27-20(29)14(12-22-21(27)30)19(28)25-17-11-18(24-13-23-17)26-9-5-2-6-10-26/h3-4,7-8,11-13H,2,5-6,9-10H2,1H3,(H,22,30)(H,23,24,25,28). The minimum atomic E-state index is -0.768. The van der Waals surface area contributed by atoms with Gasteiger partial charge in [-0.25, -0.2) is 19.3 Å². The minimum absolute atomic E-state index is 0.233. The number of carbonyl (C=O) groups excluding carboxylic acids is 1. The summed E-state index contributed by atoms with van der Waals surface area (Å²) in [5.41, 5.74) is -1.44. The molecule has 3 heterocycles. The topological polar surface area (TPSA) is 122 Å². The number of hydrogen-bond acceptors (Lipinski definition) is 7. The molecule has 0 radical (unpaired) electrons. The molecule has 10 heteroatoms. The number of aromatic amines is 1. The number of H-pyrrole nitrogens is 1. The van der Waals surface area contributed by atoms with Crippen molar-refractivity contribution in [1.82, 2.24) is 19.5 Å². The predicted octanol–water partition coefficient (Wildman–Crippen LogP) is 1.57. The van der Waals surface area contributed by atoms with Gasteiger partial charge in [0.25, 0.3) is 11.5 Å². The lowest BCUT2D eigenvalue weighted by atomic mass is 10.1. The van der Waals surface area contributed by atoms with Gasteiger partial charge in [0.1, 0.15) is 29.3 Å². The normalized spacial score (nSPS) is 13.6. The van der Waals surface area contributed by atoms with Crippen molar-refractivity contribution in [1.29, 1.82) is 0 Å². The van der Waals surface area contributed by atoms with Crippen molar-refractivity contribution in [2.75, 3.05) is 30.4 Å². The monoisotopic (exact) mass is 422 g/mol. The van der Waals surface area contributed by atoms with E-state index in [4.69, 9.17) is 4.74 Å². The van der Waals surface area contributed by atoms with Crippen molar-refractivity contribution in [3.8, 4) is 11.4 Å².